The van der Waals surface area contributed by atoms with Crippen LogP contribution in [0.1, 0.15) is 15.9 Å². The Labute approximate surface area is 115 Å². The monoisotopic (exact) mass is 264 g/mol. The molecule has 1 heterocycles. The van der Waals surface area contributed by atoms with Crippen LogP contribution in [0.5, 0.6) is 0 Å². The van der Waals surface area contributed by atoms with Gasteiger partial charge in [0.05, 0.1) is 5.57 Å². The van der Waals surface area contributed by atoms with Crippen LogP contribution in [0.25, 0.3) is 5.57 Å². The zero-order valence-electron chi connectivity index (χ0n) is 10.6. The molecule has 3 rings (SSSR count). The van der Waals surface area contributed by atoms with Crippen LogP contribution in [-0.2, 0) is 4.79 Å². The minimum absolute atomic E-state index is 0.237. The first kappa shape index (κ1) is 12.2. The van der Waals surface area contributed by atoms with Crippen LogP contribution in [0.4, 0.5) is 11.4 Å². The van der Waals surface area contributed by atoms with Crippen LogP contribution in [0.2, 0.25) is 0 Å². The third-order valence-electron chi connectivity index (χ3n) is 3.16. The van der Waals surface area contributed by atoms with Crippen molar-refractivity contribution in [3.8, 4) is 0 Å². The van der Waals surface area contributed by atoms with Gasteiger partial charge in [-0.25, -0.2) is 0 Å². The van der Waals surface area contributed by atoms with Gasteiger partial charge in [0, 0.05) is 22.5 Å². The molecule has 0 spiro atoms. The molecule has 0 unspecified atom stereocenters. The van der Waals surface area contributed by atoms with Gasteiger partial charge in [-0.1, -0.05) is 30.3 Å². The van der Waals surface area contributed by atoms with Gasteiger partial charge in [-0.05, 0) is 24.3 Å². The molecule has 0 bridgehead atoms. The second kappa shape index (κ2) is 4.66. The summed E-state index contributed by atoms with van der Waals surface area (Å²) in [6.45, 7) is 0. The van der Waals surface area contributed by atoms with Crippen LogP contribution < -0.4 is 11.1 Å². The van der Waals surface area contributed by atoms with Gasteiger partial charge in [-0.2, -0.15) is 0 Å². The Morgan fingerprint density at radius 2 is 1.90 bits per heavy atom. The standard InChI is InChI=1S/C16H12N2O2/c17-11-5-3-4-10(8-11)15(19)9-13-12-6-1-2-7-14(12)18-16(13)20/h1-9H,17H2,(H,18,20)/b13-9+. The highest BCUT2D eigenvalue weighted by Crippen LogP contribution is 2.31. The van der Waals surface area contributed by atoms with Crippen LogP contribution in [0.15, 0.2) is 54.6 Å². The first-order chi connectivity index (χ1) is 9.65. The Kier molecular flexibility index (Phi) is 2.84. The maximum Gasteiger partial charge on any atom is 0.256 e. The number of hydrogen-bond acceptors (Lipinski definition) is 3. The maximum atomic E-state index is 12.2. The van der Waals surface area contributed by atoms with Crippen LogP contribution in [0, 0.1) is 0 Å². The molecule has 4 heteroatoms. The van der Waals surface area contributed by atoms with E-state index in [4.69, 9.17) is 5.73 Å². The van der Waals surface area contributed by atoms with E-state index < -0.39 is 0 Å². The lowest BCUT2D eigenvalue weighted by Crippen LogP contribution is -2.06. The SMILES string of the molecule is Nc1cccc(C(=O)/C=C2/C(=O)Nc3ccccc32)c1. The number of carbonyl (C=O) groups is 2. The molecule has 98 valence electrons. The molecule has 0 aromatic heterocycles. The van der Waals surface area contributed by atoms with Crippen molar-refractivity contribution in [2.75, 3.05) is 11.1 Å². The van der Waals surface area contributed by atoms with Crippen molar-refractivity contribution in [3.63, 3.8) is 0 Å². The minimum Gasteiger partial charge on any atom is -0.399 e. The number of para-hydroxylation sites is 1. The van der Waals surface area contributed by atoms with E-state index in [1.54, 1.807) is 30.3 Å². The summed E-state index contributed by atoms with van der Waals surface area (Å²) in [5.74, 6) is -0.498. The number of carbonyl (C=O) groups excluding carboxylic acids is 2. The van der Waals surface area contributed by atoms with Crippen LogP contribution in [-0.4, -0.2) is 11.7 Å². The van der Waals surface area contributed by atoms with Crippen molar-refractivity contribution in [1.29, 1.82) is 0 Å². The van der Waals surface area contributed by atoms with Crippen molar-refractivity contribution in [3.05, 3.63) is 65.7 Å². The molecule has 1 amide bonds. The van der Waals surface area contributed by atoms with Gasteiger partial charge < -0.3 is 11.1 Å². The van der Waals surface area contributed by atoms with Crippen LogP contribution >= 0.6 is 0 Å². The number of hydrogen-bond donors (Lipinski definition) is 2. The largest absolute Gasteiger partial charge is 0.399 e. The third kappa shape index (κ3) is 2.07. The van der Waals surface area contributed by atoms with E-state index >= 15 is 0 Å². The van der Waals surface area contributed by atoms with E-state index in [1.807, 2.05) is 18.2 Å². The quantitative estimate of drug-likeness (QED) is 0.497. The molecule has 0 saturated heterocycles. The average molecular weight is 264 g/mol. The molecule has 0 radical (unpaired) electrons. The number of nitrogens with one attached hydrogen (secondary N) is 1. The fourth-order valence-electron chi connectivity index (χ4n) is 2.19. The van der Waals surface area contributed by atoms with E-state index in [9.17, 15) is 9.59 Å². The number of rotatable bonds is 2. The summed E-state index contributed by atoms with van der Waals surface area (Å²) in [6, 6.07) is 14.0. The van der Waals surface area contributed by atoms with Gasteiger partial charge in [-0.3, -0.25) is 9.59 Å². The molecule has 20 heavy (non-hydrogen) atoms. The normalized spacial score (nSPS) is 15.0. The number of allylic oxidation sites excluding steroid dienone is 1. The van der Waals surface area contributed by atoms with E-state index in [-0.39, 0.29) is 11.7 Å². The summed E-state index contributed by atoms with van der Waals surface area (Å²) in [5.41, 5.74) is 8.50. The topological polar surface area (TPSA) is 72.2 Å². The summed E-state index contributed by atoms with van der Waals surface area (Å²) in [6.07, 6.45) is 1.36. The Morgan fingerprint density at radius 1 is 1.10 bits per heavy atom. The van der Waals surface area contributed by atoms with Crippen LogP contribution in [0.3, 0.4) is 0 Å². The minimum atomic E-state index is -0.261. The zero-order chi connectivity index (χ0) is 14.1. The molecule has 0 fully saturated rings. The number of fused-ring (bicyclic) bond motifs is 1. The molecular formula is C16H12N2O2. The second-order valence-corrected chi connectivity index (χ2v) is 4.55. The van der Waals surface area contributed by atoms with Gasteiger partial charge in [0.1, 0.15) is 0 Å². The van der Waals surface area contributed by atoms with Crippen molar-refractivity contribution in [2.24, 2.45) is 0 Å². The van der Waals surface area contributed by atoms with Gasteiger partial charge in [0.15, 0.2) is 5.78 Å². The first-order valence-corrected chi connectivity index (χ1v) is 6.17. The Balaban J connectivity index is 2.01. The summed E-state index contributed by atoms with van der Waals surface area (Å²) in [7, 11) is 0. The fourth-order valence-corrected chi connectivity index (χ4v) is 2.19. The lowest BCUT2D eigenvalue weighted by molar-refractivity contribution is -0.110. The number of amides is 1. The predicted octanol–water partition coefficient (Wildman–Crippen LogP) is 2.49. The summed E-state index contributed by atoms with van der Waals surface area (Å²) in [4.78, 5) is 24.1. The smallest absolute Gasteiger partial charge is 0.256 e. The Morgan fingerprint density at radius 3 is 2.70 bits per heavy atom. The Bertz CT molecular complexity index is 748. The number of ketones is 1. The van der Waals surface area contributed by atoms with Crippen molar-refractivity contribution >= 4 is 28.6 Å². The summed E-state index contributed by atoms with van der Waals surface area (Å²) < 4.78 is 0. The number of benzene rings is 2. The van der Waals surface area contributed by atoms with Crippen molar-refractivity contribution < 1.29 is 9.59 Å². The molecule has 1 aliphatic heterocycles. The third-order valence-corrected chi connectivity index (χ3v) is 3.16. The van der Waals surface area contributed by atoms with Gasteiger partial charge >= 0.3 is 0 Å². The number of nitrogen functional groups attached to an aromatic ring is 1. The lowest BCUT2D eigenvalue weighted by atomic mass is 10.0. The fraction of sp³-hybridized carbons (Fsp3) is 0. The van der Waals surface area contributed by atoms with Gasteiger partial charge in [-0.15, -0.1) is 0 Å². The van der Waals surface area contributed by atoms with E-state index in [0.717, 1.165) is 11.3 Å². The molecule has 0 aliphatic carbocycles. The molecule has 0 atom stereocenters. The maximum absolute atomic E-state index is 12.2. The molecular weight excluding hydrogens is 252 g/mol. The molecule has 2 aromatic carbocycles. The molecule has 1 aliphatic rings. The zero-order valence-corrected chi connectivity index (χ0v) is 10.6. The van der Waals surface area contributed by atoms with E-state index in [2.05, 4.69) is 5.32 Å². The van der Waals surface area contributed by atoms with Crippen molar-refractivity contribution in [1.82, 2.24) is 0 Å². The molecule has 3 N–H and O–H groups in total. The Hall–Kier alpha value is -2.88. The first-order valence-electron chi connectivity index (χ1n) is 6.17. The number of anilines is 2. The summed E-state index contributed by atoms with van der Waals surface area (Å²) >= 11 is 0. The summed E-state index contributed by atoms with van der Waals surface area (Å²) in [5, 5.41) is 2.73. The van der Waals surface area contributed by atoms with E-state index in [0.29, 0.717) is 16.8 Å². The highest BCUT2D eigenvalue weighted by molar-refractivity contribution is 6.35. The number of nitrogens with two attached hydrogens (primary N) is 1. The molecule has 4 nitrogen and oxygen atoms in total. The second-order valence-electron chi connectivity index (χ2n) is 4.55. The molecule has 0 saturated carbocycles. The van der Waals surface area contributed by atoms with Gasteiger partial charge in [0.25, 0.3) is 5.91 Å². The molecule has 2 aromatic rings. The lowest BCUT2D eigenvalue weighted by Gasteiger charge is -1.99. The predicted molar refractivity (Wildman–Crippen MR) is 78.2 cm³/mol. The highest BCUT2D eigenvalue weighted by Gasteiger charge is 2.24. The average Bonchev–Trinajstić information content (AvgIpc) is 2.75. The van der Waals surface area contributed by atoms with Crippen molar-refractivity contribution in [2.45, 2.75) is 0 Å². The highest BCUT2D eigenvalue weighted by atomic mass is 16.2. The van der Waals surface area contributed by atoms with Gasteiger partial charge in [0.2, 0.25) is 0 Å². The van der Waals surface area contributed by atoms with E-state index in [1.165, 1.54) is 6.08 Å².